The molecule has 1 aliphatic carbocycles. The predicted octanol–water partition coefficient (Wildman–Crippen LogP) is 1.91. The van der Waals surface area contributed by atoms with Gasteiger partial charge in [-0.15, -0.1) is 0 Å². The number of benzene rings is 1. The molecule has 1 N–H and O–H groups in total. The van der Waals surface area contributed by atoms with E-state index in [0.717, 1.165) is 29.7 Å². The molecule has 1 saturated heterocycles. The first-order chi connectivity index (χ1) is 13.0. The zero-order chi connectivity index (χ0) is 19.4. The number of imide groups is 1. The van der Waals surface area contributed by atoms with Crippen LogP contribution in [0.3, 0.4) is 0 Å². The summed E-state index contributed by atoms with van der Waals surface area (Å²) in [5.74, 6) is -2.40. The third-order valence-corrected chi connectivity index (χ3v) is 5.23. The van der Waals surface area contributed by atoms with Crippen LogP contribution < -0.4 is 5.32 Å². The molecule has 0 spiro atoms. The fourth-order valence-electron chi connectivity index (χ4n) is 3.73. The van der Waals surface area contributed by atoms with Gasteiger partial charge < -0.3 is 10.1 Å². The maximum atomic E-state index is 12.3. The van der Waals surface area contributed by atoms with Gasteiger partial charge in [-0.05, 0) is 37.0 Å². The van der Waals surface area contributed by atoms with Crippen LogP contribution in [-0.2, 0) is 30.3 Å². The van der Waals surface area contributed by atoms with Gasteiger partial charge in [0.15, 0.2) is 6.61 Å². The van der Waals surface area contributed by atoms with E-state index in [4.69, 9.17) is 4.74 Å². The summed E-state index contributed by atoms with van der Waals surface area (Å²) < 4.78 is 4.94. The second-order valence-corrected chi connectivity index (χ2v) is 7.02. The molecule has 144 valence electrons. The summed E-state index contributed by atoms with van der Waals surface area (Å²) in [5, 5.41) is 2.64. The first-order valence-electron chi connectivity index (χ1n) is 9.39. The number of nitrogens with zero attached hydrogens (tertiary/aromatic N) is 1. The second kappa shape index (κ2) is 8.33. The van der Waals surface area contributed by atoms with Crippen LogP contribution in [0.5, 0.6) is 0 Å². The van der Waals surface area contributed by atoms with Crippen molar-refractivity contribution in [1.82, 2.24) is 4.90 Å². The minimum absolute atomic E-state index is 0.290. The van der Waals surface area contributed by atoms with Gasteiger partial charge in [-0.2, -0.15) is 0 Å². The molecule has 2 aliphatic rings. The summed E-state index contributed by atoms with van der Waals surface area (Å²) >= 11 is 0. The number of ether oxygens (including phenoxy) is 1. The number of fused-ring (bicyclic) bond motifs is 1. The minimum Gasteiger partial charge on any atom is -0.454 e. The zero-order valence-corrected chi connectivity index (χ0v) is 15.4. The summed E-state index contributed by atoms with van der Waals surface area (Å²) in [6, 6.07) is 7.38. The molecule has 3 amide bonds. The third kappa shape index (κ3) is 4.35. The predicted molar refractivity (Wildman–Crippen MR) is 97.6 cm³/mol. The highest BCUT2D eigenvalue weighted by atomic mass is 16.5. The Morgan fingerprint density at radius 1 is 1.07 bits per heavy atom. The van der Waals surface area contributed by atoms with Crippen LogP contribution in [0.1, 0.15) is 38.2 Å². The van der Waals surface area contributed by atoms with Gasteiger partial charge in [0.05, 0.1) is 11.8 Å². The molecule has 3 rings (SSSR count). The molecule has 7 heteroatoms. The van der Waals surface area contributed by atoms with Gasteiger partial charge in [0, 0.05) is 5.69 Å². The number of hydrogen-bond acceptors (Lipinski definition) is 5. The number of esters is 1. The number of anilines is 1. The van der Waals surface area contributed by atoms with Crippen LogP contribution >= 0.6 is 0 Å². The molecule has 1 aromatic rings. The van der Waals surface area contributed by atoms with Gasteiger partial charge in [-0.25, -0.2) is 0 Å². The number of hydrogen-bond donors (Lipinski definition) is 1. The van der Waals surface area contributed by atoms with Crippen LogP contribution in [0, 0.1) is 11.8 Å². The van der Waals surface area contributed by atoms with Crippen molar-refractivity contribution in [3.63, 3.8) is 0 Å². The van der Waals surface area contributed by atoms with Gasteiger partial charge >= 0.3 is 5.97 Å². The smallest absolute Gasteiger partial charge is 0.326 e. The number of rotatable bonds is 6. The Labute approximate surface area is 158 Å². The zero-order valence-electron chi connectivity index (χ0n) is 15.4. The van der Waals surface area contributed by atoms with Crippen molar-refractivity contribution in [3.05, 3.63) is 29.8 Å². The van der Waals surface area contributed by atoms with Crippen molar-refractivity contribution in [2.45, 2.75) is 39.0 Å². The molecular formula is C20H24N2O5. The first-order valence-corrected chi connectivity index (χ1v) is 9.39. The number of amides is 3. The Kier molecular flexibility index (Phi) is 5.88. The van der Waals surface area contributed by atoms with Crippen molar-refractivity contribution >= 4 is 29.4 Å². The number of likely N-dealkylation sites (tertiary alicyclic amines) is 1. The van der Waals surface area contributed by atoms with Gasteiger partial charge in [0.2, 0.25) is 11.8 Å². The first kappa shape index (κ1) is 19.1. The summed E-state index contributed by atoms with van der Waals surface area (Å²) in [6.07, 6.45) is 4.15. The molecule has 27 heavy (non-hydrogen) atoms. The average Bonchev–Trinajstić information content (AvgIpc) is 2.92. The van der Waals surface area contributed by atoms with Gasteiger partial charge in [-0.1, -0.05) is 31.9 Å². The molecule has 1 saturated carbocycles. The second-order valence-electron chi connectivity index (χ2n) is 7.02. The number of carbonyl (C=O) groups is 4. The van der Waals surface area contributed by atoms with E-state index in [9.17, 15) is 19.2 Å². The van der Waals surface area contributed by atoms with E-state index >= 15 is 0 Å². The van der Waals surface area contributed by atoms with Crippen molar-refractivity contribution in [3.8, 4) is 0 Å². The van der Waals surface area contributed by atoms with Gasteiger partial charge in [-0.3, -0.25) is 24.1 Å². The molecule has 2 fully saturated rings. The standard InChI is InChI=1S/C20H24N2O5/c1-2-13-7-9-14(10-8-13)21-17(23)12-27-18(24)11-22-19(25)15-5-3-4-6-16(15)20(22)26/h7-10,15-16H,2-6,11-12H2,1H3,(H,21,23)/t15-,16+. The summed E-state index contributed by atoms with van der Waals surface area (Å²) in [5.41, 5.74) is 1.77. The van der Waals surface area contributed by atoms with E-state index in [0.29, 0.717) is 18.5 Å². The lowest BCUT2D eigenvalue weighted by Gasteiger charge is -2.19. The molecule has 0 bridgehead atoms. The maximum Gasteiger partial charge on any atom is 0.326 e. The molecule has 1 aromatic carbocycles. The average molecular weight is 372 g/mol. The van der Waals surface area contributed by atoms with Crippen LogP contribution in [0.25, 0.3) is 0 Å². The highest BCUT2D eigenvalue weighted by Gasteiger charge is 2.48. The third-order valence-electron chi connectivity index (χ3n) is 5.23. The lowest BCUT2D eigenvalue weighted by molar-refractivity contribution is -0.154. The van der Waals surface area contributed by atoms with Crippen LogP contribution in [0.2, 0.25) is 0 Å². The number of carbonyl (C=O) groups excluding carboxylic acids is 4. The van der Waals surface area contributed by atoms with Crippen LogP contribution in [0.4, 0.5) is 5.69 Å². The van der Waals surface area contributed by atoms with E-state index in [1.54, 1.807) is 12.1 Å². The Bertz CT molecular complexity index is 719. The molecule has 0 aromatic heterocycles. The van der Waals surface area contributed by atoms with Crippen molar-refractivity contribution in [2.75, 3.05) is 18.5 Å². The van der Waals surface area contributed by atoms with E-state index in [2.05, 4.69) is 5.32 Å². The van der Waals surface area contributed by atoms with Crippen LogP contribution in [0.15, 0.2) is 24.3 Å². The van der Waals surface area contributed by atoms with Gasteiger partial charge in [0.1, 0.15) is 6.54 Å². The molecule has 0 unspecified atom stereocenters. The summed E-state index contributed by atoms with van der Waals surface area (Å²) in [7, 11) is 0. The molecular weight excluding hydrogens is 348 g/mol. The molecule has 0 radical (unpaired) electrons. The monoisotopic (exact) mass is 372 g/mol. The quantitative estimate of drug-likeness (QED) is 0.608. The lowest BCUT2D eigenvalue weighted by atomic mass is 9.81. The van der Waals surface area contributed by atoms with Crippen LogP contribution in [-0.4, -0.2) is 41.7 Å². The lowest BCUT2D eigenvalue weighted by Crippen LogP contribution is -2.37. The topological polar surface area (TPSA) is 92.8 Å². The van der Waals surface area contributed by atoms with E-state index in [1.807, 2.05) is 19.1 Å². The SMILES string of the molecule is CCc1ccc(NC(=O)COC(=O)CN2C(=O)[C@H]3CCCC[C@H]3C2=O)cc1. The van der Waals surface area contributed by atoms with E-state index in [1.165, 1.54) is 0 Å². The number of aryl methyl sites for hydroxylation is 1. The summed E-state index contributed by atoms with van der Waals surface area (Å²) in [4.78, 5) is 49.6. The Morgan fingerprint density at radius 2 is 1.67 bits per heavy atom. The minimum atomic E-state index is -0.758. The molecule has 2 atom stereocenters. The molecule has 1 heterocycles. The summed E-state index contributed by atoms with van der Waals surface area (Å²) in [6.45, 7) is 1.15. The van der Waals surface area contributed by atoms with E-state index in [-0.39, 0.29) is 23.7 Å². The largest absolute Gasteiger partial charge is 0.454 e. The normalized spacial score (nSPS) is 21.7. The Morgan fingerprint density at radius 3 is 2.22 bits per heavy atom. The molecule has 1 aliphatic heterocycles. The highest BCUT2D eigenvalue weighted by molar-refractivity contribution is 6.07. The highest BCUT2D eigenvalue weighted by Crippen LogP contribution is 2.37. The maximum absolute atomic E-state index is 12.3. The van der Waals surface area contributed by atoms with Crippen molar-refractivity contribution < 1.29 is 23.9 Å². The van der Waals surface area contributed by atoms with E-state index < -0.39 is 25.0 Å². The van der Waals surface area contributed by atoms with Gasteiger partial charge in [0.25, 0.3) is 5.91 Å². The fourth-order valence-corrected chi connectivity index (χ4v) is 3.73. The Balaban J connectivity index is 1.47. The number of nitrogens with one attached hydrogen (secondary N) is 1. The van der Waals surface area contributed by atoms with Crippen molar-refractivity contribution in [1.29, 1.82) is 0 Å². The van der Waals surface area contributed by atoms with Crippen molar-refractivity contribution in [2.24, 2.45) is 11.8 Å². The Hall–Kier alpha value is -2.70. The fraction of sp³-hybridized carbons (Fsp3) is 0.500. The molecule has 7 nitrogen and oxygen atoms in total.